The highest BCUT2D eigenvalue weighted by Crippen LogP contribution is 2.44. The zero-order valence-electron chi connectivity index (χ0n) is 18.2. The fourth-order valence-electron chi connectivity index (χ4n) is 3.94. The van der Waals surface area contributed by atoms with Crippen molar-refractivity contribution in [1.82, 2.24) is 0 Å². The van der Waals surface area contributed by atoms with E-state index in [1.807, 2.05) is 0 Å². The largest absolute Gasteiger partial charge is 0.507 e. The van der Waals surface area contributed by atoms with Crippen LogP contribution in [0.5, 0.6) is 23.0 Å². The second-order valence-corrected chi connectivity index (χ2v) is 8.08. The van der Waals surface area contributed by atoms with Crippen molar-refractivity contribution >= 4 is 16.9 Å². The van der Waals surface area contributed by atoms with Gasteiger partial charge < -0.3 is 49.6 Å². The number of ether oxygens (including phenoxy) is 2. The Kier molecular flexibility index (Phi) is 6.30. The number of carbonyl (C=O) groups excluding carboxylic acids is 1. The van der Waals surface area contributed by atoms with Crippen LogP contribution in [0.25, 0.3) is 22.3 Å². The number of aromatic hydroxyl groups is 4. The van der Waals surface area contributed by atoms with Gasteiger partial charge in [-0.3, -0.25) is 9.59 Å². The highest BCUT2D eigenvalue weighted by Gasteiger charge is 2.46. The van der Waals surface area contributed by atoms with Crippen molar-refractivity contribution in [3.8, 4) is 34.3 Å². The fourth-order valence-corrected chi connectivity index (χ4v) is 3.94. The molecule has 4 rings (SSSR count). The van der Waals surface area contributed by atoms with Crippen LogP contribution < -0.4 is 5.43 Å². The average Bonchev–Trinajstić information content (AvgIpc) is 2.79. The van der Waals surface area contributed by atoms with Gasteiger partial charge in [0, 0.05) is 24.6 Å². The number of phenolic OH excluding ortho intramolecular Hbond substituents is 4. The first-order valence-corrected chi connectivity index (χ1v) is 10.4. The molecule has 2 heterocycles. The van der Waals surface area contributed by atoms with Gasteiger partial charge >= 0.3 is 5.97 Å². The molecule has 7 N–H and O–H groups in total. The number of rotatable bonds is 4. The third kappa shape index (κ3) is 4.35. The van der Waals surface area contributed by atoms with E-state index in [-0.39, 0.29) is 22.3 Å². The van der Waals surface area contributed by atoms with Crippen LogP contribution in [0, 0.1) is 0 Å². The average molecular weight is 490 g/mol. The second kappa shape index (κ2) is 9.07. The summed E-state index contributed by atoms with van der Waals surface area (Å²) in [5, 5.41) is 71.2. The summed E-state index contributed by atoms with van der Waals surface area (Å²) in [7, 11) is 0. The molecule has 2 aromatic carbocycles. The monoisotopic (exact) mass is 490 g/mol. The van der Waals surface area contributed by atoms with Gasteiger partial charge in [-0.2, -0.15) is 0 Å². The fraction of sp³-hybridized carbons (Fsp3) is 0.304. The number of hydrogen-bond acceptors (Lipinski definition) is 12. The lowest BCUT2D eigenvalue weighted by Gasteiger charge is -2.40. The standard InChI is InChI=1S/C23H22O12/c1-8(24)33-7-16-19(30)20(31)21(32)23(35-16)18-13(28)5-12(27)17-14(29)6-15(34-22(17)18)9-2-3-10(25)11(26)4-9/h2-6,16,19-21,23,25-28,30-32H,7H2,1H3/t16-,19+,20?,21?,23-/m0/s1. The number of fused-ring (bicyclic) bond motifs is 1. The van der Waals surface area contributed by atoms with Crippen molar-refractivity contribution in [1.29, 1.82) is 0 Å². The van der Waals surface area contributed by atoms with E-state index in [4.69, 9.17) is 13.9 Å². The molecular weight excluding hydrogens is 468 g/mol. The molecule has 35 heavy (non-hydrogen) atoms. The lowest BCUT2D eigenvalue weighted by Crippen LogP contribution is -2.55. The van der Waals surface area contributed by atoms with Gasteiger partial charge in [0.05, 0.1) is 5.56 Å². The zero-order chi connectivity index (χ0) is 25.6. The Morgan fingerprint density at radius 2 is 1.63 bits per heavy atom. The van der Waals surface area contributed by atoms with Gasteiger partial charge in [0.1, 0.15) is 59.8 Å². The van der Waals surface area contributed by atoms with Crippen LogP contribution in [0.4, 0.5) is 0 Å². The van der Waals surface area contributed by atoms with E-state index < -0.39 is 77.1 Å². The Balaban J connectivity index is 1.90. The van der Waals surface area contributed by atoms with Crippen molar-refractivity contribution in [2.75, 3.05) is 6.61 Å². The number of benzene rings is 2. The molecular formula is C23H22O12. The third-order valence-corrected chi connectivity index (χ3v) is 5.71. The van der Waals surface area contributed by atoms with E-state index in [2.05, 4.69) is 0 Å². The number of esters is 1. The molecule has 2 unspecified atom stereocenters. The Labute approximate surface area is 196 Å². The predicted molar refractivity (Wildman–Crippen MR) is 117 cm³/mol. The summed E-state index contributed by atoms with van der Waals surface area (Å²) in [6, 6.07) is 5.44. The molecule has 0 bridgehead atoms. The summed E-state index contributed by atoms with van der Waals surface area (Å²) >= 11 is 0. The molecule has 1 aromatic heterocycles. The molecule has 1 aliphatic rings. The number of phenols is 4. The number of aliphatic hydroxyl groups excluding tert-OH is 3. The maximum atomic E-state index is 12.9. The quantitative estimate of drug-likeness (QED) is 0.195. The molecule has 5 atom stereocenters. The van der Waals surface area contributed by atoms with E-state index in [1.165, 1.54) is 6.07 Å². The number of hydrogen-bond donors (Lipinski definition) is 7. The molecule has 186 valence electrons. The van der Waals surface area contributed by atoms with Gasteiger partial charge in [0.25, 0.3) is 0 Å². The molecule has 12 heteroatoms. The lowest BCUT2D eigenvalue weighted by molar-refractivity contribution is -0.234. The van der Waals surface area contributed by atoms with Gasteiger partial charge in [-0.05, 0) is 18.2 Å². The summed E-state index contributed by atoms with van der Waals surface area (Å²) in [6.45, 7) is 0.629. The summed E-state index contributed by atoms with van der Waals surface area (Å²) in [5.41, 5.74) is -1.33. The van der Waals surface area contributed by atoms with Gasteiger partial charge in [-0.25, -0.2) is 0 Å². The minimum atomic E-state index is -1.83. The van der Waals surface area contributed by atoms with Crippen molar-refractivity contribution in [2.45, 2.75) is 37.4 Å². The Hall–Kier alpha value is -3.84. The van der Waals surface area contributed by atoms with E-state index in [9.17, 15) is 45.3 Å². The zero-order valence-corrected chi connectivity index (χ0v) is 18.2. The lowest BCUT2D eigenvalue weighted by atomic mass is 9.89. The van der Waals surface area contributed by atoms with Gasteiger partial charge in [-0.15, -0.1) is 0 Å². The highest BCUT2D eigenvalue weighted by atomic mass is 16.6. The SMILES string of the molecule is CC(=O)OC[C@@H]1O[C@@H](c2c(O)cc(O)c3c(=O)cc(-c4ccc(O)c(O)c4)oc23)C(O)C(O)[C@@H]1O. The predicted octanol–water partition coefficient (Wildman–Crippen LogP) is 0.368. The van der Waals surface area contributed by atoms with Crippen LogP contribution in [-0.4, -0.2) is 72.7 Å². The summed E-state index contributed by atoms with van der Waals surface area (Å²) in [5.74, 6) is -3.05. The Morgan fingerprint density at radius 1 is 0.914 bits per heavy atom. The summed E-state index contributed by atoms with van der Waals surface area (Å²) < 4.78 is 16.3. The van der Waals surface area contributed by atoms with Crippen LogP contribution in [0.3, 0.4) is 0 Å². The van der Waals surface area contributed by atoms with Crippen molar-refractivity contribution in [3.63, 3.8) is 0 Å². The third-order valence-electron chi connectivity index (χ3n) is 5.71. The Morgan fingerprint density at radius 3 is 2.29 bits per heavy atom. The minimum absolute atomic E-state index is 0.133. The summed E-state index contributed by atoms with van der Waals surface area (Å²) in [4.78, 5) is 24.1. The molecule has 0 radical (unpaired) electrons. The van der Waals surface area contributed by atoms with E-state index in [0.717, 1.165) is 31.2 Å². The van der Waals surface area contributed by atoms with E-state index in [0.29, 0.717) is 0 Å². The van der Waals surface area contributed by atoms with Gasteiger partial charge in [0.2, 0.25) is 0 Å². The molecule has 0 aliphatic carbocycles. The number of carbonyl (C=O) groups is 1. The molecule has 1 aliphatic heterocycles. The first-order chi connectivity index (χ1) is 16.5. The van der Waals surface area contributed by atoms with E-state index >= 15 is 0 Å². The Bertz CT molecular complexity index is 1350. The molecule has 1 fully saturated rings. The van der Waals surface area contributed by atoms with Crippen LogP contribution in [0.2, 0.25) is 0 Å². The molecule has 1 saturated heterocycles. The molecule has 0 spiro atoms. The number of aliphatic hydroxyl groups is 3. The maximum absolute atomic E-state index is 12.9. The van der Waals surface area contributed by atoms with Gasteiger partial charge in [-0.1, -0.05) is 0 Å². The molecule has 12 nitrogen and oxygen atoms in total. The van der Waals surface area contributed by atoms with Crippen LogP contribution >= 0.6 is 0 Å². The summed E-state index contributed by atoms with van der Waals surface area (Å²) in [6.07, 6.45) is -8.21. The molecule has 0 saturated carbocycles. The minimum Gasteiger partial charge on any atom is -0.507 e. The normalized spacial score (nSPS) is 24.4. The smallest absolute Gasteiger partial charge is 0.302 e. The van der Waals surface area contributed by atoms with Crippen LogP contribution in [0.1, 0.15) is 18.6 Å². The maximum Gasteiger partial charge on any atom is 0.302 e. The van der Waals surface area contributed by atoms with Crippen molar-refractivity contribution in [3.05, 3.63) is 46.1 Å². The highest BCUT2D eigenvalue weighted by molar-refractivity contribution is 5.89. The van der Waals surface area contributed by atoms with Crippen molar-refractivity contribution in [2.24, 2.45) is 0 Å². The van der Waals surface area contributed by atoms with Crippen LogP contribution in [-0.2, 0) is 14.3 Å². The molecule has 3 aromatic rings. The first kappa shape index (κ1) is 24.3. The van der Waals surface area contributed by atoms with Gasteiger partial charge in [0.15, 0.2) is 22.5 Å². The van der Waals surface area contributed by atoms with E-state index in [1.54, 1.807) is 0 Å². The first-order valence-electron chi connectivity index (χ1n) is 10.4. The molecule has 0 amide bonds. The van der Waals surface area contributed by atoms with Crippen molar-refractivity contribution < 1.29 is 54.4 Å². The van der Waals surface area contributed by atoms with Crippen LogP contribution in [0.15, 0.2) is 39.5 Å². The topological polar surface area (TPSA) is 207 Å². The second-order valence-electron chi connectivity index (χ2n) is 8.08.